The molecule has 0 spiro atoms. The Balaban J connectivity index is 0.000000139. The summed E-state index contributed by atoms with van der Waals surface area (Å²) in [6.07, 6.45) is 9.05. The van der Waals surface area contributed by atoms with Crippen LogP contribution >= 0.6 is 0 Å². The van der Waals surface area contributed by atoms with E-state index in [2.05, 4.69) is 301 Å². The first-order chi connectivity index (χ1) is 47.0. The molecule has 0 atom stereocenters. The number of alkyl halides is 2. The summed E-state index contributed by atoms with van der Waals surface area (Å²) in [4.78, 5) is 0. The molecule has 0 unspecified atom stereocenters. The van der Waals surface area contributed by atoms with Gasteiger partial charge in [0.1, 0.15) is 5.82 Å². The van der Waals surface area contributed by atoms with Gasteiger partial charge >= 0.3 is 0 Å². The maximum Gasteiger partial charge on any atom is 0.248 e. The number of hydrogen-bond acceptors (Lipinski definition) is 0. The first kappa shape index (κ1) is 75.2. The SMILES string of the molecule is CCC(C)(CC)c1cc(C)cc2ccccc12.Cc1cc(C(C)C)c2cc(C)ccc2c1.Cc1cc(C(C)C)c2cc(F)ccc2c1.Cc1cc(C(C)C)c2ccccc2c1.Cc1cc(C2CCC(C)(C)CC2)c2ccccc2c1.Cc1cc(C2CCC(F)(F)CC2)c2ccccc2c1. The summed E-state index contributed by atoms with van der Waals surface area (Å²) < 4.78 is 39.8. The molecular weight excluding hydrogens is 1210 g/mol. The lowest BCUT2D eigenvalue weighted by molar-refractivity contribution is -0.0381. The number of aryl methyl sites for hydroxylation is 7. The molecule has 3 heteroatoms. The Morgan fingerprint density at radius 3 is 1.10 bits per heavy atom. The van der Waals surface area contributed by atoms with Gasteiger partial charge in [-0.1, -0.05) is 309 Å². The molecule has 0 saturated heterocycles. The Morgan fingerprint density at radius 1 is 0.354 bits per heavy atom. The van der Waals surface area contributed by atoms with Gasteiger partial charge in [-0.3, -0.25) is 0 Å². The number of hydrogen-bond donors (Lipinski definition) is 0. The van der Waals surface area contributed by atoms with E-state index in [1.165, 1.54) is 165 Å². The van der Waals surface area contributed by atoms with E-state index in [1.54, 1.807) is 11.6 Å². The zero-order chi connectivity index (χ0) is 71.5. The Morgan fingerprint density at radius 2 is 0.677 bits per heavy atom. The van der Waals surface area contributed by atoms with Crippen LogP contribution in [0, 0.1) is 59.7 Å². The third-order valence-electron chi connectivity index (χ3n) is 21.5. The molecule has 0 radical (unpaired) electrons. The standard InChI is InChI=1S/C19H24.C17H18F2.C17H22.C15H18.C14H15F.C14H16/c1-14-12-16-6-4-5-7-17(16)18(13-14)15-8-10-19(2,3)11-9-15;1-12-10-14-4-2-3-5-15(14)16(11-12)13-6-8-17(18,19)9-7-13;1-5-17(4,6-2)16-12-13(3)11-14-9-7-8-10-15(14)16;1-10(2)14-9-12(4)7-13-6-5-11(3)8-15(13)14;1-9(2)13-7-10(3)6-11-4-5-12(15)8-14(11)13;1-10(2)14-9-11(3)8-12-6-4-5-7-13(12)14/h4-7,12-13,15H,8-11H2,1-3H3;2-5,10-11,13H,6-9H2,1H3;7-12H,5-6H2,1-4H3;5-10H,1-4H3;4-9H,1-3H3;4-10H,1-3H3. The summed E-state index contributed by atoms with van der Waals surface area (Å²) in [5.41, 5.74) is 18.6. The van der Waals surface area contributed by atoms with Crippen molar-refractivity contribution < 1.29 is 13.2 Å². The molecule has 0 nitrogen and oxygen atoms in total. The van der Waals surface area contributed by atoms with Crippen LogP contribution < -0.4 is 0 Å². The fourth-order valence-corrected chi connectivity index (χ4v) is 15.4. The monoisotopic (exact) mass is 1320 g/mol. The molecule has 12 aromatic rings. The van der Waals surface area contributed by atoms with Crippen LogP contribution in [0.3, 0.4) is 0 Å². The highest BCUT2D eigenvalue weighted by Crippen LogP contribution is 2.46. The van der Waals surface area contributed by atoms with E-state index in [0.29, 0.717) is 41.4 Å². The van der Waals surface area contributed by atoms with Crippen LogP contribution in [0.5, 0.6) is 0 Å². The van der Waals surface area contributed by atoms with E-state index in [-0.39, 0.29) is 24.6 Å². The lowest BCUT2D eigenvalue weighted by Gasteiger charge is -2.35. The van der Waals surface area contributed by atoms with Crippen molar-refractivity contribution in [3.05, 3.63) is 284 Å². The highest BCUT2D eigenvalue weighted by molar-refractivity contribution is 5.91. The van der Waals surface area contributed by atoms with Gasteiger partial charge in [0.25, 0.3) is 0 Å². The van der Waals surface area contributed by atoms with E-state index >= 15 is 0 Å². The highest BCUT2D eigenvalue weighted by atomic mass is 19.3. The second kappa shape index (κ2) is 33.0. The second-order valence-corrected chi connectivity index (χ2v) is 31.4. The van der Waals surface area contributed by atoms with Gasteiger partial charge in [-0.05, 0) is 250 Å². The van der Waals surface area contributed by atoms with E-state index < -0.39 is 5.92 Å². The lowest BCUT2D eigenvalue weighted by Crippen LogP contribution is -2.23. The van der Waals surface area contributed by atoms with Crippen molar-refractivity contribution in [1.82, 2.24) is 0 Å². The molecule has 0 amide bonds. The molecule has 0 N–H and O–H groups in total. The fourth-order valence-electron chi connectivity index (χ4n) is 15.4. The zero-order valence-corrected chi connectivity index (χ0v) is 63.2. The van der Waals surface area contributed by atoms with Crippen molar-refractivity contribution in [2.45, 2.75) is 230 Å². The van der Waals surface area contributed by atoms with Crippen molar-refractivity contribution in [2.75, 3.05) is 0 Å². The molecule has 0 aliphatic heterocycles. The van der Waals surface area contributed by atoms with Crippen LogP contribution in [0.4, 0.5) is 13.2 Å². The molecule has 12 aromatic carbocycles. The average molecular weight is 1320 g/mol. The third-order valence-corrected chi connectivity index (χ3v) is 21.5. The Labute approximate surface area is 593 Å². The average Bonchev–Trinajstić information content (AvgIpc) is 0.802. The van der Waals surface area contributed by atoms with Gasteiger partial charge in [0.05, 0.1) is 0 Å². The van der Waals surface area contributed by atoms with E-state index in [0.717, 1.165) is 16.7 Å². The van der Waals surface area contributed by atoms with Crippen molar-refractivity contribution >= 4 is 64.6 Å². The van der Waals surface area contributed by atoms with E-state index in [9.17, 15) is 13.2 Å². The molecule has 0 heterocycles. The van der Waals surface area contributed by atoms with Crippen molar-refractivity contribution in [1.29, 1.82) is 0 Å². The predicted octanol–water partition coefficient (Wildman–Crippen LogP) is 29.8. The molecule has 14 rings (SSSR count). The summed E-state index contributed by atoms with van der Waals surface area (Å²) in [5.74, 6) is 0.0505. The normalized spacial score (nSPS) is 14.6. The van der Waals surface area contributed by atoms with E-state index in [4.69, 9.17) is 0 Å². The Hall–Kier alpha value is -8.01. The Bertz CT molecular complexity index is 4480. The summed E-state index contributed by atoms with van der Waals surface area (Å²) in [7, 11) is 0. The minimum atomic E-state index is -2.45. The largest absolute Gasteiger partial charge is 0.248 e. The molecule has 0 bridgehead atoms. The maximum absolute atomic E-state index is 13.3. The van der Waals surface area contributed by atoms with Crippen LogP contribution in [0.25, 0.3) is 64.6 Å². The summed E-state index contributed by atoms with van der Waals surface area (Å²) in [6, 6.07) is 73.3. The highest BCUT2D eigenvalue weighted by Gasteiger charge is 2.36. The fraction of sp³-hybridized carbons (Fsp3) is 0.375. The first-order valence-corrected chi connectivity index (χ1v) is 37.1. The minimum Gasteiger partial charge on any atom is -0.207 e. The van der Waals surface area contributed by atoms with Gasteiger partial charge in [-0.25, -0.2) is 13.2 Å². The molecular formula is C96H113F3. The van der Waals surface area contributed by atoms with Crippen LogP contribution in [0.1, 0.15) is 242 Å². The van der Waals surface area contributed by atoms with Gasteiger partial charge < -0.3 is 0 Å². The topological polar surface area (TPSA) is 0 Å². The lowest BCUT2D eigenvalue weighted by atomic mass is 9.70. The molecule has 518 valence electrons. The number of rotatable bonds is 8. The molecule has 2 fully saturated rings. The van der Waals surface area contributed by atoms with Crippen LogP contribution in [-0.4, -0.2) is 5.92 Å². The molecule has 2 saturated carbocycles. The van der Waals surface area contributed by atoms with Crippen LogP contribution in [-0.2, 0) is 5.41 Å². The number of benzene rings is 12. The smallest absolute Gasteiger partial charge is 0.207 e. The first-order valence-electron chi connectivity index (χ1n) is 37.1. The van der Waals surface area contributed by atoms with Crippen LogP contribution in [0.15, 0.2) is 206 Å². The third kappa shape index (κ3) is 19.3. The van der Waals surface area contributed by atoms with Crippen molar-refractivity contribution in [2.24, 2.45) is 5.41 Å². The second-order valence-electron chi connectivity index (χ2n) is 31.4. The predicted molar refractivity (Wildman–Crippen MR) is 428 cm³/mol. The molecule has 2 aliphatic rings. The van der Waals surface area contributed by atoms with E-state index in [1.807, 2.05) is 18.2 Å². The van der Waals surface area contributed by atoms with Crippen molar-refractivity contribution in [3.63, 3.8) is 0 Å². The van der Waals surface area contributed by atoms with Crippen molar-refractivity contribution in [3.8, 4) is 0 Å². The van der Waals surface area contributed by atoms with Gasteiger partial charge in [0.15, 0.2) is 0 Å². The number of halogens is 3. The summed E-state index contributed by atoms with van der Waals surface area (Å²) >= 11 is 0. The molecule has 0 aromatic heterocycles. The summed E-state index contributed by atoms with van der Waals surface area (Å²) in [6.45, 7) is 40.2. The zero-order valence-electron chi connectivity index (χ0n) is 63.2. The minimum absolute atomic E-state index is 0.0277. The molecule has 2 aliphatic carbocycles. The quantitative estimate of drug-likeness (QED) is 0.142. The number of fused-ring (bicyclic) bond motifs is 6. The van der Waals surface area contributed by atoms with Crippen LogP contribution in [0.2, 0.25) is 0 Å². The van der Waals surface area contributed by atoms with Gasteiger partial charge in [-0.15, -0.1) is 0 Å². The van der Waals surface area contributed by atoms with Gasteiger partial charge in [0, 0.05) is 12.8 Å². The Kier molecular flexibility index (Phi) is 25.1. The van der Waals surface area contributed by atoms with Gasteiger partial charge in [-0.2, -0.15) is 0 Å². The molecule has 99 heavy (non-hydrogen) atoms. The summed E-state index contributed by atoms with van der Waals surface area (Å²) in [5, 5.41) is 15.8. The van der Waals surface area contributed by atoms with Gasteiger partial charge in [0.2, 0.25) is 5.92 Å². The maximum atomic E-state index is 13.3.